The van der Waals surface area contributed by atoms with Gasteiger partial charge in [-0.15, -0.1) is 0 Å². The van der Waals surface area contributed by atoms with Crippen molar-refractivity contribution >= 4 is 16.9 Å². The molecule has 1 aliphatic rings. The number of hydrogen-bond donors (Lipinski definition) is 1. The van der Waals surface area contributed by atoms with Crippen molar-refractivity contribution in [2.75, 3.05) is 0 Å². The lowest BCUT2D eigenvalue weighted by Gasteiger charge is -2.13. The zero-order valence-corrected chi connectivity index (χ0v) is 9.69. The van der Waals surface area contributed by atoms with Crippen molar-refractivity contribution in [1.82, 2.24) is 0 Å². The first kappa shape index (κ1) is 10.4. The minimum atomic E-state index is -0.722. The van der Waals surface area contributed by atoms with Crippen molar-refractivity contribution < 1.29 is 14.3 Å². The summed E-state index contributed by atoms with van der Waals surface area (Å²) in [6.45, 7) is 1.92. The maximum atomic E-state index is 10.9. The van der Waals surface area contributed by atoms with Crippen LogP contribution in [0, 0.1) is 6.92 Å². The van der Waals surface area contributed by atoms with Gasteiger partial charge in [0.25, 0.3) is 0 Å². The van der Waals surface area contributed by atoms with Crippen molar-refractivity contribution in [1.29, 1.82) is 0 Å². The predicted molar refractivity (Wildman–Crippen MR) is 64.1 cm³/mol. The number of hydrogen-bond acceptors (Lipinski definition) is 2. The number of fused-ring (bicyclic) bond motifs is 1. The molecule has 1 saturated carbocycles. The highest BCUT2D eigenvalue weighted by molar-refractivity contribution is 5.84. The van der Waals surface area contributed by atoms with Gasteiger partial charge in [0.2, 0.25) is 0 Å². The monoisotopic (exact) mass is 230 g/mol. The molecule has 1 heterocycles. The van der Waals surface area contributed by atoms with Crippen LogP contribution in [0.2, 0.25) is 0 Å². The molecule has 0 atom stereocenters. The van der Waals surface area contributed by atoms with Crippen molar-refractivity contribution in [2.24, 2.45) is 0 Å². The highest BCUT2D eigenvalue weighted by Gasteiger charge is 2.47. The van der Waals surface area contributed by atoms with Gasteiger partial charge in [-0.05, 0) is 37.5 Å². The molecule has 0 aliphatic heterocycles. The van der Waals surface area contributed by atoms with E-state index in [0.717, 1.165) is 35.1 Å². The number of benzene rings is 1. The van der Waals surface area contributed by atoms with Crippen LogP contribution in [0.1, 0.15) is 30.6 Å². The van der Waals surface area contributed by atoms with Gasteiger partial charge in [0, 0.05) is 10.8 Å². The Morgan fingerprint density at radius 3 is 2.88 bits per heavy atom. The first-order valence-corrected chi connectivity index (χ1v) is 5.82. The third-order valence-corrected chi connectivity index (χ3v) is 3.60. The number of carbonyl (C=O) groups is 1. The summed E-state index contributed by atoms with van der Waals surface area (Å²) in [5.74, 6) is 0.151. The number of aliphatic carboxylic acids is 1. The first-order chi connectivity index (χ1) is 8.11. The average molecular weight is 230 g/mol. The quantitative estimate of drug-likeness (QED) is 0.880. The van der Waals surface area contributed by atoms with E-state index < -0.39 is 5.97 Å². The average Bonchev–Trinajstić information content (AvgIpc) is 2.90. The van der Waals surface area contributed by atoms with E-state index in [-0.39, 0.29) is 11.8 Å². The molecule has 0 unspecified atom stereocenters. The molecule has 3 heteroatoms. The Kier molecular flexibility index (Phi) is 2.05. The summed E-state index contributed by atoms with van der Waals surface area (Å²) in [5.41, 5.74) is 1.84. The van der Waals surface area contributed by atoms with E-state index in [1.54, 1.807) is 0 Å². The summed E-state index contributed by atoms with van der Waals surface area (Å²) < 4.78 is 5.59. The van der Waals surface area contributed by atoms with E-state index in [2.05, 4.69) is 0 Å². The lowest BCUT2D eigenvalue weighted by molar-refractivity contribution is -0.137. The molecule has 0 spiro atoms. The number of carboxylic acid groups (broad SMARTS) is 1. The second kappa shape index (κ2) is 3.36. The minimum Gasteiger partial charge on any atom is -0.481 e. The van der Waals surface area contributed by atoms with Crippen molar-refractivity contribution in [3.05, 3.63) is 35.6 Å². The second-order valence-corrected chi connectivity index (χ2v) is 4.93. The fourth-order valence-corrected chi connectivity index (χ4v) is 2.63. The van der Waals surface area contributed by atoms with Crippen molar-refractivity contribution in [2.45, 2.75) is 31.6 Å². The van der Waals surface area contributed by atoms with Gasteiger partial charge >= 0.3 is 5.97 Å². The largest absolute Gasteiger partial charge is 0.481 e. The molecule has 1 fully saturated rings. The Hall–Kier alpha value is -1.77. The fourth-order valence-electron chi connectivity index (χ4n) is 2.63. The van der Waals surface area contributed by atoms with E-state index in [9.17, 15) is 4.79 Å². The SMILES string of the molecule is Cc1cc2c(C3(CC(=O)O)CC3)cccc2o1. The topological polar surface area (TPSA) is 50.4 Å². The van der Waals surface area contributed by atoms with E-state index in [4.69, 9.17) is 9.52 Å². The predicted octanol–water partition coefficient (Wildman–Crippen LogP) is 3.25. The molecule has 1 aromatic carbocycles. The summed E-state index contributed by atoms with van der Waals surface area (Å²) in [6, 6.07) is 7.92. The van der Waals surface area contributed by atoms with Crippen LogP contribution < -0.4 is 0 Å². The maximum absolute atomic E-state index is 10.9. The van der Waals surface area contributed by atoms with Gasteiger partial charge in [-0.1, -0.05) is 12.1 Å². The van der Waals surface area contributed by atoms with Crippen molar-refractivity contribution in [3.8, 4) is 0 Å². The number of furan rings is 1. The molecule has 3 nitrogen and oxygen atoms in total. The van der Waals surface area contributed by atoms with Gasteiger partial charge in [0.15, 0.2) is 0 Å². The van der Waals surface area contributed by atoms with E-state index >= 15 is 0 Å². The summed E-state index contributed by atoms with van der Waals surface area (Å²) in [7, 11) is 0. The smallest absolute Gasteiger partial charge is 0.304 e. The summed E-state index contributed by atoms with van der Waals surface area (Å²) >= 11 is 0. The zero-order valence-electron chi connectivity index (χ0n) is 9.69. The van der Waals surface area contributed by atoms with Crippen LogP contribution in [0.15, 0.2) is 28.7 Å². The molecule has 17 heavy (non-hydrogen) atoms. The lowest BCUT2D eigenvalue weighted by atomic mass is 9.90. The molecule has 1 aliphatic carbocycles. The van der Waals surface area contributed by atoms with Gasteiger partial charge in [-0.3, -0.25) is 4.79 Å². The standard InChI is InChI=1S/C14H14O3/c1-9-7-10-11(3-2-4-12(10)17-9)14(5-6-14)8-13(15)16/h2-4,7H,5-6,8H2,1H3,(H,15,16). The van der Waals surface area contributed by atoms with Crippen LogP contribution in [-0.4, -0.2) is 11.1 Å². The molecule has 0 saturated heterocycles. The van der Waals surface area contributed by atoms with Crippen LogP contribution in [-0.2, 0) is 10.2 Å². The fraction of sp³-hybridized carbons (Fsp3) is 0.357. The van der Waals surface area contributed by atoms with Gasteiger partial charge in [0.05, 0.1) is 6.42 Å². The molecule has 3 rings (SSSR count). The Morgan fingerprint density at radius 2 is 2.24 bits per heavy atom. The van der Waals surface area contributed by atoms with E-state index in [0.29, 0.717) is 0 Å². The number of aryl methyl sites for hydroxylation is 1. The van der Waals surface area contributed by atoms with E-state index in [1.807, 2.05) is 31.2 Å². The molecule has 2 aromatic rings. The number of carboxylic acids is 1. The van der Waals surface area contributed by atoms with Gasteiger partial charge in [-0.2, -0.15) is 0 Å². The first-order valence-electron chi connectivity index (χ1n) is 5.82. The zero-order chi connectivity index (χ0) is 12.0. The van der Waals surface area contributed by atoms with Gasteiger partial charge in [0.1, 0.15) is 11.3 Å². The molecular formula is C14H14O3. The normalized spacial score (nSPS) is 17.2. The Morgan fingerprint density at radius 1 is 1.47 bits per heavy atom. The van der Waals surface area contributed by atoms with Crippen molar-refractivity contribution in [3.63, 3.8) is 0 Å². The molecule has 0 radical (unpaired) electrons. The molecule has 1 aromatic heterocycles. The Labute approximate surface area is 99.0 Å². The maximum Gasteiger partial charge on any atom is 0.304 e. The minimum absolute atomic E-state index is 0.151. The highest BCUT2D eigenvalue weighted by Crippen LogP contribution is 2.53. The third kappa shape index (κ3) is 1.62. The molecule has 0 bridgehead atoms. The lowest BCUT2D eigenvalue weighted by Crippen LogP contribution is -2.13. The molecule has 0 amide bonds. The molecular weight excluding hydrogens is 216 g/mol. The van der Waals surface area contributed by atoms with Crippen LogP contribution in [0.25, 0.3) is 11.0 Å². The second-order valence-electron chi connectivity index (χ2n) is 4.93. The third-order valence-electron chi connectivity index (χ3n) is 3.60. The summed E-state index contributed by atoms with van der Waals surface area (Å²) in [4.78, 5) is 10.9. The summed E-state index contributed by atoms with van der Waals surface area (Å²) in [6.07, 6.45) is 2.14. The van der Waals surface area contributed by atoms with Gasteiger partial charge in [-0.25, -0.2) is 0 Å². The van der Waals surface area contributed by atoms with Crippen LogP contribution in [0.5, 0.6) is 0 Å². The Bertz CT molecular complexity index is 591. The van der Waals surface area contributed by atoms with Crippen LogP contribution in [0.4, 0.5) is 0 Å². The van der Waals surface area contributed by atoms with Crippen LogP contribution >= 0.6 is 0 Å². The molecule has 88 valence electrons. The van der Waals surface area contributed by atoms with E-state index in [1.165, 1.54) is 0 Å². The van der Waals surface area contributed by atoms with Crippen LogP contribution in [0.3, 0.4) is 0 Å². The summed E-state index contributed by atoms with van der Waals surface area (Å²) in [5, 5.41) is 10.1. The Balaban J connectivity index is 2.14. The molecule has 1 N–H and O–H groups in total. The van der Waals surface area contributed by atoms with Gasteiger partial charge < -0.3 is 9.52 Å². The number of rotatable bonds is 3. The highest BCUT2D eigenvalue weighted by atomic mass is 16.4.